The largest absolute Gasteiger partial charge is 0.378 e. The molecule has 1 aliphatic heterocycles. The Balaban J connectivity index is 1.94. The van der Waals surface area contributed by atoms with E-state index in [9.17, 15) is 4.79 Å². The van der Waals surface area contributed by atoms with Crippen LogP contribution < -0.4 is 5.32 Å². The molecule has 0 aliphatic carbocycles. The summed E-state index contributed by atoms with van der Waals surface area (Å²) in [6.07, 6.45) is 2.11. The van der Waals surface area contributed by atoms with Crippen molar-refractivity contribution in [2.75, 3.05) is 19.8 Å². The smallest absolute Gasteiger partial charge is 0.182 e. The topological polar surface area (TPSA) is 56.2 Å². The highest BCUT2D eigenvalue weighted by Crippen LogP contribution is 2.06. The number of rotatable bonds is 3. The number of morpholine rings is 1. The third-order valence-corrected chi connectivity index (χ3v) is 2.54. The van der Waals surface area contributed by atoms with E-state index < -0.39 is 0 Å². The molecule has 1 fully saturated rings. The first kappa shape index (κ1) is 10.3. The van der Waals surface area contributed by atoms with Gasteiger partial charge in [-0.2, -0.15) is 5.10 Å². The molecule has 1 aromatic rings. The number of aromatic nitrogens is 2. The Hall–Kier alpha value is -1.20. The van der Waals surface area contributed by atoms with Crippen molar-refractivity contribution in [3.05, 3.63) is 18.0 Å². The van der Waals surface area contributed by atoms with Gasteiger partial charge < -0.3 is 10.1 Å². The van der Waals surface area contributed by atoms with E-state index in [1.807, 2.05) is 0 Å². The maximum atomic E-state index is 11.8. The van der Waals surface area contributed by atoms with Crippen LogP contribution in [0.1, 0.15) is 16.9 Å². The summed E-state index contributed by atoms with van der Waals surface area (Å²) in [6, 6.07) is 1.88. The number of ether oxygens (including phenoxy) is 1. The Labute approximate surface area is 88.4 Å². The second kappa shape index (κ2) is 4.55. The van der Waals surface area contributed by atoms with Crippen molar-refractivity contribution in [3.63, 3.8) is 0 Å². The number of ketones is 1. The van der Waals surface area contributed by atoms with Crippen molar-refractivity contribution in [2.24, 2.45) is 7.05 Å². The highest BCUT2D eigenvalue weighted by atomic mass is 16.5. The van der Waals surface area contributed by atoms with E-state index >= 15 is 0 Å². The molecular formula is C10H15N3O2. The Bertz CT molecular complexity index is 342. The third-order valence-electron chi connectivity index (χ3n) is 2.54. The number of nitrogens with zero attached hydrogens (tertiary/aromatic N) is 2. The number of hydrogen-bond donors (Lipinski definition) is 1. The van der Waals surface area contributed by atoms with Gasteiger partial charge in [0.2, 0.25) is 0 Å². The molecule has 5 nitrogen and oxygen atoms in total. The Kier molecular flexibility index (Phi) is 3.13. The minimum Gasteiger partial charge on any atom is -0.378 e. The van der Waals surface area contributed by atoms with Gasteiger partial charge >= 0.3 is 0 Å². The van der Waals surface area contributed by atoms with Crippen LogP contribution in [0, 0.1) is 0 Å². The average molecular weight is 209 g/mol. The fraction of sp³-hybridized carbons (Fsp3) is 0.600. The Morgan fingerprint density at radius 2 is 2.67 bits per heavy atom. The standard InChI is InChI=1S/C10H15N3O2/c1-13-9(2-3-12-13)10(14)6-8-7-15-5-4-11-8/h2-3,8,11H,4-7H2,1H3. The molecule has 2 rings (SSSR count). The van der Waals surface area contributed by atoms with E-state index in [0.29, 0.717) is 18.7 Å². The number of carbonyl (C=O) groups excluding carboxylic acids is 1. The van der Waals surface area contributed by atoms with Crippen LogP contribution in [0.15, 0.2) is 12.3 Å². The molecule has 0 radical (unpaired) electrons. The van der Waals surface area contributed by atoms with Gasteiger partial charge in [0, 0.05) is 32.3 Å². The average Bonchev–Trinajstić information content (AvgIpc) is 2.66. The van der Waals surface area contributed by atoms with E-state index in [4.69, 9.17) is 4.74 Å². The van der Waals surface area contributed by atoms with Crippen LogP contribution in [-0.2, 0) is 11.8 Å². The summed E-state index contributed by atoms with van der Waals surface area (Å²) in [5.41, 5.74) is 0.655. The highest BCUT2D eigenvalue weighted by molar-refractivity contribution is 5.94. The molecule has 0 saturated carbocycles. The lowest BCUT2D eigenvalue weighted by atomic mass is 10.1. The van der Waals surface area contributed by atoms with E-state index in [1.165, 1.54) is 0 Å². The molecular weight excluding hydrogens is 194 g/mol. The van der Waals surface area contributed by atoms with Crippen LogP contribution in [0.2, 0.25) is 0 Å². The zero-order valence-corrected chi connectivity index (χ0v) is 8.77. The van der Waals surface area contributed by atoms with Gasteiger partial charge in [-0.05, 0) is 6.07 Å². The minimum atomic E-state index is 0.109. The van der Waals surface area contributed by atoms with Crippen LogP contribution in [0.4, 0.5) is 0 Å². The second-order valence-electron chi connectivity index (χ2n) is 3.69. The fourth-order valence-electron chi connectivity index (χ4n) is 1.73. The molecule has 0 spiro atoms. The van der Waals surface area contributed by atoms with Crippen LogP contribution >= 0.6 is 0 Å². The number of aryl methyl sites for hydroxylation is 1. The molecule has 5 heteroatoms. The van der Waals surface area contributed by atoms with Crippen molar-refractivity contribution >= 4 is 5.78 Å². The van der Waals surface area contributed by atoms with Gasteiger partial charge in [-0.15, -0.1) is 0 Å². The number of nitrogens with one attached hydrogen (secondary N) is 1. The first-order chi connectivity index (χ1) is 7.27. The highest BCUT2D eigenvalue weighted by Gasteiger charge is 2.19. The van der Waals surface area contributed by atoms with Crippen LogP contribution in [0.3, 0.4) is 0 Å². The molecule has 1 atom stereocenters. The van der Waals surface area contributed by atoms with Gasteiger partial charge in [-0.1, -0.05) is 0 Å². The van der Waals surface area contributed by atoms with Crippen molar-refractivity contribution in [2.45, 2.75) is 12.5 Å². The quantitative estimate of drug-likeness (QED) is 0.711. The SMILES string of the molecule is Cn1nccc1C(=O)CC1COCCN1. The number of hydrogen-bond acceptors (Lipinski definition) is 4. The van der Waals surface area contributed by atoms with Gasteiger partial charge in [-0.25, -0.2) is 0 Å². The van der Waals surface area contributed by atoms with Crippen molar-refractivity contribution in [3.8, 4) is 0 Å². The lowest BCUT2D eigenvalue weighted by Gasteiger charge is -2.22. The maximum absolute atomic E-state index is 11.8. The molecule has 1 unspecified atom stereocenters. The zero-order chi connectivity index (χ0) is 10.7. The molecule has 1 N–H and O–H groups in total. The lowest BCUT2D eigenvalue weighted by Crippen LogP contribution is -2.42. The first-order valence-electron chi connectivity index (χ1n) is 5.09. The maximum Gasteiger partial charge on any atom is 0.182 e. The van der Waals surface area contributed by atoms with Crippen LogP contribution in [-0.4, -0.2) is 41.4 Å². The monoisotopic (exact) mass is 209 g/mol. The number of Topliss-reactive ketones (excluding diaryl/α,β-unsaturated/α-hetero) is 1. The zero-order valence-electron chi connectivity index (χ0n) is 8.77. The van der Waals surface area contributed by atoms with E-state index in [0.717, 1.165) is 13.2 Å². The Morgan fingerprint density at radius 3 is 3.27 bits per heavy atom. The molecule has 1 saturated heterocycles. The molecule has 0 amide bonds. The third kappa shape index (κ3) is 2.43. The van der Waals surface area contributed by atoms with E-state index in [2.05, 4.69) is 10.4 Å². The molecule has 0 aromatic carbocycles. The summed E-state index contributed by atoms with van der Waals surface area (Å²) in [5, 5.41) is 7.23. The van der Waals surface area contributed by atoms with Crippen LogP contribution in [0.5, 0.6) is 0 Å². The molecule has 1 aromatic heterocycles. The van der Waals surface area contributed by atoms with Gasteiger partial charge in [0.15, 0.2) is 5.78 Å². The van der Waals surface area contributed by atoms with E-state index in [-0.39, 0.29) is 11.8 Å². The van der Waals surface area contributed by atoms with Crippen LogP contribution in [0.25, 0.3) is 0 Å². The summed E-state index contributed by atoms with van der Waals surface area (Å²) in [6.45, 7) is 2.17. The predicted octanol–water partition coefficient (Wildman–Crippen LogP) is -0.0187. The number of carbonyl (C=O) groups is 1. The van der Waals surface area contributed by atoms with Gasteiger partial charge in [0.05, 0.1) is 13.2 Å². The van der Waals surface area contributed by atoms with E-state index in [1.54, 1.807) is 24.0 Å². The molecule has 15 heavy (non-hydrogen) atoms. The van der Waals surface area contributed by atoms with Crippen molar-refractivity contribution in [1.82, 2.24) is 15.1 Å². The summed E-state index contributed by atoms with van der Waals surface area (Å²) in [5.74, 6) is 0.109. The molecule has 0 bridgehead atoms. The van der Waals surface area contributed by atoms with Crippen molar-refractivity contribution < 1.29 is 9.53 Å². The second-order valence-corrected chi connectivity index (χ2v) is 3.69. The molecule has 1 aliphatic rings. The minimum absolute atomic E-state index is 0.109. The van der Waals surface area contributed by atoms with Gasteiger partial charge in [0.1, 0.15) is 5.69 Å². The summed E-state index contributed by atoms with van der Waals surface area (Å²) in [7, 11) is 1.78. The fourth-order valence-corrected chi connectivity index (χ4v) is 1.73. The Morgan fingerprint density at radius 1 is 1.80 bits per heavy atom. The summed E-state index contributed by atoms with van der Waals surface area (Å²) in [4.78, 5) is 11.8. The molecule has 2 heterocycles. The lowest BCUT2D eigenvalue weighted by molar-refractivity contribution is 0.0672. The normalized spacial score (nSPS) is 21.5. The predicted molar refractivity (Wildman–Crippen MR) is 54.8 cm³/mol. The van der Waals surface area contributed by atoms with Crippen molar-refractivity contribution in [1.29, 1.82) is 0 Å². The summed E-state index contributed by atoms with van der Waals surface area (Å²) < 4.78 is 6.90. The molecule has 82 valence electrons. The van der Waals surface area contributed by atoms with Gasteiger partial charge in [0.25, 0.3) is 0 Å². The first-order valence-corrected chi connectivity index (χ1v) is 5.09. The van der Waals surface area contributed by atoms with Gasteiger partial charge in [-0.3, -0.25) is 9.48 Å². The summed E-state index contributed by atoms with van der Waals surface area (Å²) >= 11 is 0.